The minimum atomic E-state index is -4.62. The molecule has 130 valence electrons. The van der Waals surface area contributed by atoms with Gasteiger partial charge in [-0.2, -0.15) is 13.2 Å². The topological polar surface area (TPSA) is 55.3 Å². The molecule has 2 aromatic rings. The predicted molar refractivity (Wildman–Crippen MR) is 79.5 cm³/mol. The summed E-state index contributed by atoms with van der Waals surface area (Å²) in [5.74, 6) is -1.17. The molecule has 0 fully saturated rings. The summed E-state index contributed by atoms with van der Waals surface area (Å²) in [6.07, 6.45) is -4.05. The molecule has 1 heterocycles. The third kappa shape index (κ3) is 4.40. The number of alkyl halides is 3. The Kier molecular flexibility index (Phi) is 5.71. The Balaban J connectivity index is 2.06. The van der Waals surface area contributed by atoms with Crippen molar-refractivity contribution in [3.05, 3.63) is 35.1 Å². The maximum absolute atomic E-state index is 13.8. The number of nitrogens with zero attached hydrogens (tertiary/aromatic N) is 3. The molecule has 0 aliphatic heterocycles. The molecule has 0 saturated heterocycles. The largest absolute Gasteiger partial charge is 0.459 e. The quantitative estimate of drug-likeness (QED) is 0.737. The molecular weight excluding hydrogens is 350 g/mol. The van der Waals surface area contributed by atoms with Crippen LogP contribution in [0.25, 0.3) is 0 Å². The molecule has 0 atom stereocenters. The summed E-state index contributed by atoms with van der Waals surface area (Å²) in [7, 11) is 0. The number of carbonyl (C=O) groups is 1. The molecule has 0 aliphatic rings. The van der Waals surface area contributed by atoms with Gasteiger partial charge in [-0.25, -0.2) is 4.39 Å². The van der Waals surface area contributed by atoms with Gasteiger partial charge in [0, 0.05) is 6.54 Å². The van der Waals surface area contributed by atoms with Crippen LogP contribution in [0, 0.1) is 5.82 Å². The smallest absolute Gasteiger partial charge is 0.445 e. The number of carbonyl (C=O) groups excluding carboxylic acids is 1. The molecule has 1 amide bonds. The van der Waals surface area contributed by atoms with Gasteiger partial charge in [-0.05, 0) is 18.6 Å². The Hall–Kier alpha value is -2.23. The monoisotopic (exact) mass is 363 g/mol. The molecule has 0 radical (unpaired) electrons. The SMILES string of the molecule is CCCN(C(=O)COc1nnc(C(F)(F)F)s1)c1ccccc1F. The zero-order chi connectivity index (χ0) is 17.7. The molecule has 0 unspecified atom stereocenters. The van der Waals surface area contributed by atoms with Crippen LogP contribution >= 0.6 is 11.3 Å². The van der Waals surface area contributed by atoms with Gasteiger partial charge < -0.3 is 9.64 Å². The van der Waals surface area contributed by atoms with Crippen LogP contribution in [0.1, 0.15) is 18.4 Å². The summed E-state index contributed by atoms with van der Waals surface area (Å²) in [5.41, 5.74) is 0.0844. The lowest BCUT2D eigenvalue weighted by atomic mass is 10.2. The maximum atomic E-state index is 13.8. The number of rotatable bonds is 6. The van der Waals surface area contributed by atoms with E-state index in [1.807, 2.05) is 6.92 Å². The lowest BCUT2D eigenvalue weighted by Gasteiger charge is -2.22. The molecule has 0 aliphatic carbocycles. The first kappa shape index (κ1) is 18.1. The van der Waals surface area contributed by atoms with Gasteiger partial charge in [0.05, 0.1) is 5.69 Å². The van der Waals surface area contributed by atoms with Crippen LogP contribution < -0.4 is 9.64 Å². The molecule has 5 nitrogen and oxygen atoms in total. The van der Waals surface area contributed by atoms with Crippen molar-refractivity contribution >= 4 is 22.9 Å². The summed E-state index contributed by atoms with van der Waals surface area (Å²) in [4.78, 5) is 13.4. The first-order chi connectivity index (χ1) is 11.3. The number of hydrogen-bond acceptors (Lipinski definition) is 5. The van der Waals surface area contributed by atoms with Crippen molar-refractivity contribution < 1.29 is 27.1 Å². The minimum Gasteiger partial charge on any atom is -0.459 e. The number of para-hydroxylation sites is 1. The van der Waals surface area contributed by atoms with Crippen molar-refractivity contribution in [2.24, 2.45) is 0 Å². The van der Waals surface area contributed by atoms with Crippen LogP contribution in [0.2, 0.25) is 0 Å². The average molecular weight is 363 g/mol. The van der Waals surface area contributed by atoms with Gasteiger partial charge in [-0.3, -0.25) is 4.79 Å². The van der Waals surface area contributed by atoms with Crippen LogP contribution in [0.3, 0.4) is 0 Å². The first-order valence-corrected chi connectivity index (χ1v) is 7.73. The van der Waals surface area contributed by atoms with Crippen LogP contribution in [-0.2, 0) is 11.0 Å². The molecule has 1 aromatic carbocycles. The van der Waals surface area contributed by atoms with Gasteiger partial charge in [0.1, 0.15) is 5.82 Å². The van der Waals surface area contributed by atoms with E-state index in [4.69, 9.17) is 4.74 Å². The second kappa shape index (κ2) is 7.56. The first-order valence-electron chi connectivity index (χ1n) is 6.91. The van der Waals surface area contributed by atoms with E-state index in [1.54, 1.807) is 6.07 Å². The predicted octanol–water partition coefficient (Wildman–Crippen LogP) is 3.52. The normalized spacial score (nSPS) is 11.4. The highest BCUT2D eigenvalue weighted by Gasteiger charge is 2.36. The summed E-state index contributed by atoms with van der Waals surface area (Å²) >= 11 is 0.192. The number of amides is 1. The Bertz CT molecular complexity index is 705. The van der Waals surface area contributed by atoms with E-state index in [-0.39, 0.29) is 28.8 Å². The van der Waals surface area contributed by atoms with Gasteiger partial charge in [-0.1, -0.05) is 35.5 Å². The molecule has 2 rings (SSSR count). The molecule has 0 N–H and O–H groups in total. The second-order valence-electron chi connectivity index (χ2n) is 4.66. The Morgan fingerprint density at radius 3 is 2.58 bits per heavy atom. The molecular formula is C14H13F4N3O2S. The van der Waals surface area contributed by atoms with E-state index < -0.39 is 29.5 Å². The summed E-state index contributed by atoms with van der Waals surface area (Å²) in [6, 6.07) is 5.72. The third-order valence-electron chi connectivity index (χ3n) is 2.86. The summed E-state index contributed by atoms with van der Waals surface area (Å²) < 4.78 is 56.1. The van der Waals surface area contributed by atoms with Gasteiger partial charge in [0.15, 0.2) is 6.61 Å². The third-order valence-corrected chi connectivity index (χ3v) is 3.74. The lowest BCUT2D eigenvalue weighted by Crippen LogP contribution is -2.36. The van der Waals surface area contributed by atoms with Crippen molar-refractivity contribution in [2.75, 3.05) is 18.1 Å². The highest BCUT2D eigenvalue weighted by atomic mass is 32.1. The number of halogens is 4. The summed E-state index contributed by atoms with van der Waals surface area (Å²) in [5, 5.41) is 4.65. The molecule has 1 aromatic heterocycles. The van der Waals surface area contributed by atoms with Crippen molar-refractivity contribution in [1.29, 1.82) is 0 Å². The Morgan fingerprint density at radius 1 is 1.29 bits per heavy atom. The van der Waals surface area contributed by atoms with Gasteiger partial charge in [0.2, 0.25) is 5.01 Å². The average Bonchev–Trinajstić information content (AvgIpc) is 3.00. The Morgan fingerprint density at radius 2 is 2.00 bits per heavy atom. The van der Waals surface area contributed by atoms with Crippen molar-refractivity contribution in [3.63, 3.8) is 0 Å². The van der Waals surface area contributed by atoms with Crippen LogP contribution in [0.15, 0.2) is 24.3 Å². The van der Waals surface area contributed by atoms with E-state index in [9.17, 15) is 22.4 Å². The van der Waals surface area contributed by atoms with Crippen molar-refractivity contribution in [3.8, 4) is 5.19 Å². The van der Waals surface area contributed by atoms with Crippen LogP contribution in [0.4, 0.5) is 23.2 Å². The standard InChI is InChI=1S/C14H13F4N3O2S/c1-2-7-21(10-6-4-3-5-9(10)15)11(22)8-23-13-20-19-12(24-13)14(16,17)18/h3-6H,2,7-8H2,1H3. The fraction of sp³-hybridized carbons (Fsp3) is 0.357. The second-order valence-corrected chi connectivity index (χ2v) is 5.60. The van der Waals surface area contributed by atoms with E-state index in [0.29, 0.717) is 6.42 Å². The minimum absolute atomic E-state index is 0.0844. The number of anilines is 1. The number of ether oxygens (including phenoxy) is 1. The van der Waals surface area contributed by atoms with Crippen molar-refractivity contribution in [1.82, 2.24) is 10.2 Å². The van der Waals surface area contributed by atoms with Crippen LogP contribution in [0.5, 0.6) is 5.19 Å². The molecule has 0 bridgehead atoms. The molecule has 0 saturated carbocycles. The van der Waals surface area contributed by atoms with Crippen molar-refractivity contribution in [2.45, 2.75) is 19.5 Å². The van der Waals surface area contributed by atoms with E-state index in [0.717, 1.165) is 0 Å². The van der Waals surface area contributed by atoms with E-state index >= 15 is 0 Å². The fourth-order valence-corrected chi connectivity index (χ4v) is 2.42. The van der Waals surface area contributed by atoms with E-state index in [2.05, 4.69) is 10.2 Å². The molecule has 24 heavy (non-hydrogen) atoms. The Labute approximate surface area is 138 Å². The van der Waals surface area contributed by atoms with Gasteiger partial charge in [0.25, 0.3) is 11.1 Å². The highest BCUT2D eigenvalue weighted by molar-refractivity contribution is 7.13. The fourth-order valence-electron chi connectivity index (χ4n) is 1.86. The number of hydrogen-bond donors (Lipinski definition) is 0. The summed E-state index contributed by atoms with van der Waals surface area (Å²) in [6.45, 7) is 1.48. The lowest BCUT2D eigenvalue weighted by molar-refractivity contribution is -0.138. The molecule has 0 spiro atoms. The highest BCUT2D eigenvalue weighted by Crippen LogP contribution is 2.33. The number of benzene rings is 1. The molecule has 10 heteroatoms. The van der Waals surface area contributed by atoms with Gasteiger partial charge >= 0.3 is 6.18 Å². The zero-order valence-corrected chi connectivity index (χ0v) is 13.3. The van der Waals surface area contributed by atoms with E-state index in [1.165, 1.54) is 23.1 Å². The van der Waals surface area contributed by atoms with Gasteiger partial charge in [-0.15, -0.1) is 5.10 Å². The van der Waals surface area contributed by atoms with Crippen LogP contribution in [-0.4, -0.2) is 29.3 Å². The number of aromatic nitrogens is 2. The maximum Gasteiger partial charge on any atom is 0.445 e. The zero-order valence-electron chi connectivity index (χ0n) is 12.5.